The van der Waals surface area contributed by atoms with Gasteiger partial charge in [-0.25, -0.2) is 18.5 Å². The maximum atomic E-state index is 12.1. The van der Waals surface area contributed by atoms with Crippen LogP contribution < -0.4 is 15.8 Å². The van der Waals surface area contributed by atoms with Gasteiger partial charge in [-0.1, -0.05) is 6.07 Å². The van der Waals surface area contributed by atoms with Crippen molar-refractivity contribution in [2.75, 3.05) is 11.9 Å². The van der Waals surface area contributed by atoms with Crippen LogP contribution in [-0.4, -0.2) is 31.8 Å². The highest BCUT2D eigenvalue weighted by atomic mass is 32.2. The lowest BCUT2D eigenvalue weighted by molar-refractivity contribution is -0.115. The molecule has 0 aliphatic heterocycles. The number of primary sulfonamides is 1. The van der Waals surface area contributed by atoms with E-state index in [-0.39, 0.29) is 17.0 Å². The van der Waals surface area contributed by atoms with Crippen molar-refractivity contribution in [2.45, 2.75) is 11.8 Å². The number of carbonyl (C=O) groups is 2. The fourth-order valence-corrected chi connectivity index (χ4v) is 2.81. The lowest BCUT2D eigenvalue weighted by Gasteiger charge is -2.09. The van der Waals surface area contributed by atoms with Crippen molar-refractivity contribution in [3.8, 4) is 0 Å². The van der Waals surface area contributed by atoms with Crippen LogP contribution in [0.2, 0.25) is 0 Å². The Labute approximate surface area is 136 Å². The van der Waals surface area contributed by atoms with Gasteiger partial charge in [-0.05, 0) is 24.6 Å². The smallest absolute Gasteiger partial charge is 0.252 e. The number of rotatable bonds is 5. The molecule has 0 radical (unpaired) electrons. The molecule has 0 saturated heterocycles. The van der Waals surface area contributed by atoms with E-state index in [1.54, 1.807) is 18.5 Å². The molecule has 2 rings (SSSR count). The average Bonchev–Trinajstić information content (AvgIpc) is 2.97. The minimum Gasteiger partial charge on any atom is -0.343 e. The first kappa shape index (κ1) is 17.1. The summed E-state index contributed by atoms with van der Waals surface area (Å²) in [5, 5.41) is 12.1. The summed E-state index contributed by atoms with van der Waals surface area (Å²) < 4.78 is 22.7. The molecule has 10 heteroatoms. The van der Waals surface area contributed by atoms with Crippen molar-refractivity contribution < 1.29 is 18.0 Å². The number of thiazole rings is 1. The molecule has 1 aromatic heterocycles. The summed E-state index contributed by atoms with van der Waals surface area (Å²) >= 11 is 1.25. The van der Waals surface area contributed by atoms with E-state index in [1.165, 1.54) is 29.5 Å². The Morgan fingerprint density at radius 3 is 2.70 bits per heavy atom. The molecule has 1 aromatic carbocycles. The second-order valence-electron chi connectivity index (χ2n) is 4.59. The maximum absolute atomic E-state index is 12.1. The predicted octanol–water partition coefficient (Wildman–Crippen LogP) is 0.467. The molecule has 0 saturated carbocycles. The van der Waals surface area contributed by atoms with Crippen molar-refractivity contribution in [1.82, 2.24) is 10.3 Å². The molecule has 0 aliphatic carbocycles. The van der Waals surface area contributed by atoms with E-state index in [1.807, 2.05) is 0 Å². The fourth-order valence-electron chi connectivity index (χ4n) is 1.73. The molecule has 0 aliphatic rings. The van der Waals surface area contributed by atoms with Gasteiger partial charge >= 0.3 is 0 Å². The van der Waals surface area contributed by atoms with Gasteiger partial charge in [-0.2, -0.15) is 0 Å². The zero-order valence-electron chi connectivity index (χ0n) is 12.1. The molecule has 2 amide bonds. The number of hydrogen-bond donors (Lipinski definition) is 3. The van der Waals surface area contributed by atoms with Crippen LogP contribution in [0.4, 0.5) is 5.13 Å². The molecule has 0 fully saturated rings. The molecule has 23 heavy (non-hydrogen) atoms. The molecule has 1 heterocycles. The monoisotopic (exact) mass is 354 g/mol. The van der Waals surface area contributed by atoms with Gasteiger partial charge in [0.1, 0.15) is 0 Å². The highest BCUT2D eigenvalue weighted by Gasteiger charge is 2.15. The van der Waals surface area contributed by atoms with Gasteiger partial charge in [0.05, 0.1) is 11.4 Å². The molecular formula is C13H14N4O4S2. The Balaban J connectivity index is 2.04. The van der Waals surface area contributed by atoms with Crippen LogP contribution in [0.5, 0.6) is 0 Å². The Morgan fingerprint density at radius 1 is 1.35 bits per heavy atom. The molecule has 0 unspecified atom stereocenters. The fraction of sp³-hybridized carbons (Fsp3) is 0.154. The second kappa shape index (κ2) is 6.86. The van der Waals surface area contributed by atoms with E-state index >= 15 is 0 Å². The lowest BCUT2D eigenvalue weighted by atomic mass is 10.1. The van der Waals surface area contributed by atoms with Crippen LogP contribution in [0.1, 0.15) is 15.9 Å². The summed E-state index contributed by atoms with van der Waals surface area (Å²) in [6, 6.07) is 3.97. The Bertz CT molecular complexity index is 832. The van der Waals surface area contributed by atoms with E-state index in [0.29, 0.717) is 10.7 Å². The van der Waals surface area contributed by atoms with Crippen LogP contribution in [0.15, 0.2) is 34.7 Å². The molecule has 0 spiro atoms. The minimum absolute atomic E-state index is 0.138. The largest absolute Gasteiger partial charge is 0.343 e. The van der Waals surface area contributed by atoms with Crippen molar-refractivity contribution in [2.24, 2.45) is 5.14 Å². The molecular weight excluding hydrogens is 340 g/mol. The number of amides is 2. The SMILES string of the molecule is Cc1ccc(S(N)(=O)=O)cc1C(=O)NCC(=O)Nc1nccs1. The number of aryl methyl sites for hydroxylation is 1. The van der Waals surface area contributed by atoms with Gasteiger partial charge in [0.2, 0.25) is 15.9 Å². The number of nitrogens with one attached hydrogen (secondary N) is 2. The number of nitrogens with zero attached hydrogens (tertiary/aromatic N) is 1. The molecule has 2 aromatic rings. The third kappa shape index (κ3) is 4.58. The maximum Gasteiger partial charge on any atom is 0.252 e. The van der Waals surface area contributed by atoms with E-state index in [2.05, 4.69) is 15.6 Å². The van der Waals surface area contributed by atoms with Crippen LogP contribution in [0.3, 0.4) is 0 Å². The Morgan fingerprint density at radius 2 is 2.09 bits per heavy atom. The third-order valence-electron chi connectivity index (χ3n) is 2.87. The van der Waals surface area contributed by atoms with Crippen molar-refractivity contribution in [1.29, 1.82) is 0 Å². The van der Waals surface area contributed by atoms with Crippen LogP contribution in [0.25, 0.3) is 0 Å². The van der Waals surface area contributed by atoms with Crippen LogP contribution in [0, 0.1) is 6.92 Å². The number of sulfonamides is 1. The van der Waals surface area contributed by atoms with Crippen LogP contribution >= 0.6 is 11.3 Å². The van der Waals surface area contributed by atoms with E-state index in [4.69, 9.17) is 5.14 Å². The predicted molar refractivity (Wildman–Crippen MR) is 85.6 cm³/mol. The molecule has 0 atom stereocenters. The standard InChI is InChI=1S/C13H14N4O4S2/c1-8-2-3-9(23(14,20)21)6-10(8)12(19)16-7-11(18)17-13-15-4-5-22-13/h2-6H,7H2,1H3,(H,16,19)(H2,14,20,21)(H,15,17,18). The highest BCUT2D eigenvalue weighted by Crippen LogP contribution is 2.14. The van der Waals surface area contributed by atoms with Gasteiger partial charge in [0.15, 0.2) is 5.13 Å². The first-order valence-electron chi connectivity index (χ1n) is 6.38. The second-order valence-corrected chi connectivity index (χ2v) is 7.05. The van der Waals surface area contributed by atoms with Gasteiger partial charge < -0.3 is 10.6 Å². The normalized spacial score (nSPS) is 11.0. The quantitative estimate of drug-likeness (QED) is 0.718. The Kier molecular flexibility index (Phi) is 5.08. The third-order valence-corrected chi connectivity index (χ3v) is 4.47. The van der Waals surface area contributed by atoms with Crippen molar-refractivity contribution in [3.05, 3.63) is 40.9 Å². The van der Waals surface area contributed by atoms with Crippen LogP contribution in [-0.2, 0) is 14.8 Å². The van der Waals surface area contributed by atoms with Crippen molar-refractivity contribution in [3.63, 3.8) is 0 Å². The van der Waals surface area contributed by atoms with Gasteiger partial charge in [-0.15, -0.1) is 11.3 Å². The number of hydrogen-bond acceptors (Lipinski definition) is 6. The number of aromatic nitrogens is 1. The average molecular weight is 354 g/mol. The van der Waals surface area contributed by atoms with Crippen molar-refractivity contribution >= 4 is 38.3 Å². The zero-order chi connectivity index (χ0) is 17.0. The number of anilines is 1. The summed E-state index contributed by atoms with van der Waals surface area (Å²) in [6.45, 7) is 1.38. The first-order chi connectivity index (χ1) is 10.8. The first-order valence-corrected chi connectivity index (χ1v) is 8.81. The molecule has 0 bridgehead atoms. The van der Waals surface area contributed by atoms with E-state index < -0.39 is 21.8 Å². The lowest BCUT2D eigenvalue weighted by Crippen LogP contribution is -2.33. The number of carbonyl (C=O) groups excluding carboxylic acids is 2. The Hall–Kier alpha value is -2.30. The molecule has 8 nitrogen and oxygen atoms in total. The summed E-state index contributed by atoms with van der Waals surface area (Å²) in [5.41, 5.74) is 0.703. The minimum atomic E-state index is -3.91. The highest BCUT2D eigenvalue weighted by molar-refractivity contribution is 7.89. The summed E-state index contributed by atoms with van der Waals surface area (Å²) in [7, 11) is -3.91. The zero-order valence-corrected chi connectivity index (χ0v) is 13.7. The number of benzene rings is 1. The van der Waals surface area contributed by atoms with E-state index in [9.17, 15) is 18.0 Å². The summed E-state index contributed by atoms with van der Waals surface area (Å²) in [5.74, 6) is -1.00. The van der Waals surface area contributed by atoms with Gasteiger partial charge in [-0.3, -0.25) is 9.59 Å². The van der Waals surface area contributed by atoms with E-state index in [0.717, 1.165) is 0 Å². The summed E-state index contributed by atoms with van der Waals surface area (Å²) in [4.78, 5) is 27.5. The summed E-state index contributed by atoms with van der Waals surface area (Å²) in [6.07, 6.45) is 1.54. The molecule has 4 N–H and O–H groups in total. The van der Waals surface area contributed by atoms with Gasteiger partial charge in [0.25, 0.3) is 5.91 Å². The number of nitrogens with two attached hydrogens (primary N) is 1. The topological polar surface area (TPSA) is 131 Å². The molecule has 122 valence electrons. The van der Waals surface area contributed by atoms with Gasteiger partial charge in [0, 0.05) is 17.1 Å².